The molecule has 4 aliphatic rings. The highest BCUT2D eigenvalue weighted by molar-refractivity contribution is 7.90. The van der Waals surface area contributed by atoms with E-state index in [4.69, 9.17) is 25.8 Å². The minimum Gasteiger partial charge on any atom is -0.490 e. The molecule has 1 fully saturated rings. The fourth-order valence-corrected chi connectivity index (χ4v) is 10.2. The Morgan fingerprint density at radius 1 is 1.08 bits per heavy atom. The Morgan fingerprint density at radius 2 is 1.82 bits per heavy atom. The predicted molar refractivity (Wildman–Crippen MR) is 188 cm³/mol. The van der Waals surface area contributed by atoms with Crippen LogP contribution in [0.3, 0.4) is 0 Å². The van der Waals surface area contributed by atoms with Gasteiger partial charge >= 0.3 is 11.9 Å². The van der Waals surface area contributed by atoms with E-state index < -0.39 is 57.0 Å². The SMILES string of the molecule is COC(=O)C(C(=O)OC)[C@@H]1C[C@@H](C)[C@@H](C)S(=O)(=O)NC(=O)c2ccc3c(c2)N(C[C@@H]2CC[C@H]2[C@H](O)C1)C[C@@]1(CCCc2cc(Cl)ccc21)CO3. The Hall–Kier alpha value is -3.35. The molecule has 6 rings (SSSR count). The zero-order valence-electron chi connectivity index (χ0n) is 29.0. The van der Waals surface area contributed by atoms with Crippen LogP contribution in [0.25, 0.3) is 0 Å². The number of hydrogen-bond acceptors (Lipinski definition) is 10. The summed E-state index contributed by atoms with van der Waals surface area (Å²) in [6.45, 7) is 4.75. The van der Waals surface area contributed by atoms with E-state index in [1.807, 2.05) is 12.1 Å². The molecule has 1 saturated carbocycles. The van der Waals surface area contributed by atoms with Gasteiger partial charge in [0.1, 0.15) is 5.75 Å². The zero-order valence-corrected chi connectivity index (χ0v) is 30.6. The van der Waals surface area contributed by atoms with Crippen molar-refractivity contribution in [1.82, 2.24) is 4.72 Å². The van der Waals surface area contributed by atoms with Crippen molar-refractivity contribution in [2.45, 2.75) is 75.6 Å². The van der Waals surface area contributed by atoms with Crippen molar-refractivity contribution in [2.75, 3.05) is 38.8 Å². The third kappa shape index (κ3) is 6.95. The fourth-order valence-electron chi connectivity index (χ4n) is 8.71. The van der Waals surface area contributed by atoms with Crippen LogP contribution >= 0.6 is 11.6 Å². The Labute approximate surface area is 299 Å². The van der Waals surface area contributed by atoms with E-state index in [0.29, 0.717) is 36.2 Å². The second-order valence-corrected chi connectivity index (χ2v) is 17.2. The topological polar surface area (TPSA) is 149 Å². The number of hydrogen-bond donors (Lipinski definition) is 2. The number of amides is 1. The van der Waals surface area contributed by atoms with Gasteiger partial charge in [-0.1, -0.05) is 24.6 Å². The Morgan fingerprint density at radius 3 is 2.50 bits per heavy atom. The predicted octanol–water partition coefficient (Wildman–Crippen LogP) is 4.66. The molecule has 1 spiro atoms. The summed E-state index contributed by atoms with van der Waals surface area (Å²) in [5, 5.41) is 11.4. The van der Waals surface area contributed by atoms with Crippen molar-refractivity contribution >= 4 is 45.2 Å². The maximum absolute atomic E-state index is 13.6. The molecule has 2 N–H and O–H groups in total. The lowest BCUT2D eigenvalue weighted by molar-refractivity contribution is -0.162. The van der Waals surface area contributed by atoms with Gasteiger partial charge in [0.05, 0.1) is 37.9 Å². The van der Waals surface area contributed by atoms with Crippen molar-refractivity contribution in [3.63, 3.8) is 0 Å². The molecule has 2 aromatic carbocycles. The smallest absolute Gasteiger partial charge is 0.320 e. The summed E-state index contributed by atoms with van der Waals surface area (Å²) in [6, 6.07) is 11.1. The van der Waals surface area contributed by atoms with Crippen LogP contribution in [-0.4, -0.2) is 76.6 Å². The van der Waals surface area contributed by atoms with Gasteiger partial charge < -0.3 is 24.2 Å². The number of methoxy groups -OCH3 is 2. The van der Waals surface area contributed by atoms with Gasteiger partial charge in [0, 0.05) is 29.1 Å². The number of aliphatic hydroxyl groups is 1. The first kappa shape index (κ1) is 36.4. The molecular weight excluding hydrogens is 684 g/mol. The standard InChI is InChI=1S/C37H47ClN2O9S/c1-21-14-26(33(35(43)47-3)36(44)48-4)17-31(41)28-10-7-25(28)18-40-19-37(13-5-6-23-15-27(38)9-11-29(23)37)20-49-32-12-8-24(16-30(32)40)34(42)39-50(45,46)22(21)2/h8-9,11-12,15-16,21-22,25-26,28,31,33,41H,5-7,10,13-14,17-20H2,1-4H3,(H,39,42)/t21-,22-,25+,26-,28-,31-,37+/m1/s1. The minimum atomic E-state index is -4.21. The number of rotatable bonds is 3. The molecule has 7 atom stereocenters. The quantitative estimate of drug-likeness (QED) is 0.338. The number of carbonyl (C=O) groups is 3. The monoisotopic (exact) mass is 730 g/mol. The number of fused-ring (bicyclic) bond motifs is 4. The number of nitrogens with zero attached hydrogens (tertiary/aromatic N) is 1. The summed E-state index contributed by atoms with van der Waals surface area (Å²) in [6.07, 6.45) is 3.66. The van der Waals surface area contributed by atoms with E-state index in [0.717, 1.165) is 32.1 Å². The number of aryl methyl sites for hydroxylation is 1. The number of esters is 2. The Bertz CT molecular complexity index is 1740. The minimum absolute atomic E-state index is 0.0683. The Kier molecular flexibility index (Phi) is 10.5. The van der Waals surface area contributed by atoms with Gasteiger partial charge in [-0.15, -0.1) is 0 Å². The molecule has 2 aromatic rings. The number of carbonyl (C=O) groups excluding carboxylic acids is 3. The van der Waals surface area contributed by atoms with E-state index in [9.17, 15) is 27.9 Å². The third-order valence-corrected chi connectivity index (χ3v) is 14.0. The molecular formula is C37H47ClN2O9S. The molecule has 2 aliphatic carbocycles. The zero-order chi connectivity index (χ0) is 36.0. The maximum atomic E-state index is 13.6. The van der Waals surface area contributed by atoms with Gasteiger partial charge in [0.25, 0.3) is 5.91 Å². The van der Waals surface area contributed by atoms with E-state index in [1.165, 1.54) is 32.3 Å². The molecule has 0 saturated heterocycles. The van der Waals surface area contributed by atoms with Crippen LogP contribution in [0, 0.1) is 29.6 Å². The van der Waals surface area contributed by atoms with Crippen LogP contribution in [0.1, 0.15) is 73.9 Å². The number of nitrogens with one attached hydrogen (secondary N) is 1. The van der Waals surface area contributed by atoms with Crippen LogP contribution in [0.2, 0.25) is 5.02 Å². The van der Waals surface area contributed by atoms with Gasteiger partial charge in [0.15, 0.2) is 5.92 Å². The number of sulfonamides is 1. The summed E-state index contributed by atoms with van der Waals surface area (Å²) < 4.78 is 46.0. The number of halogens is 1. The summed E-state index contributed by atoms with van der Waals surface area (Å²) in [5.74, 6) is -4.58. The highest BCUT2D eigenvalue weighted by Gasteiger charge is 2.47. The molecule has 2 aliphatic heterocycles. The molecule has 2 heterocycles. The second-order valence-electron chi connectivity index (χ2n) is 14.8. The average molecular weight is 731 g/mol. The second kappa shape index (κ2) is 14.3. The molecule has 272 valence electrons. The summed E-state index contributed by atoms with van der Waals surface area (Å²) in [7, 11) is -1.85. The lowest BCUT2D eigenvalue weighted by atomic mass is 9.66. The number of benzene rings is 2. The molecule has 0 radical (unpaired) electrons. The summed E-state index contributed by atoms with van der Waals surface area (Å²) in [5.41, 5.74) is 2.88. The lowest BCUT2D eigenvalue weighted by Crippen LogP contribution is -2.50. The normalized spacial score (nSPS) is 30.9. The van der Waals surface area contributed by atoms with Gasteiger partial charge in [-0.2, -0.15) is 0 Å². The number of anilines is 1. The van der Waals surface area contributed by atoms with Crippen LogP contribution < -0.4 is 14.4 Å². The van der Waals surface area contributed by atoms with E-state index in [1.54, 1.807) is 25.1 Å². The average Bonchev–Trinajstić information content (AvgIpc) is 3.22. The van der Waals surface area contributed by atoms with Crippen LogP contribution in [-0.2, 0) is 40.9 Å². The molecule has 13 heteroatoms. The lowest BCUT2D eigenvalue weighted by Gasteiger charge is -2.46. The first-order valence-electron chi connectivity index (χ1n) is 17.5. The molecule has 0 unspecified atom stereocenters. The van der Waals surface area contributed by atoms with Crippen LogP contribution in [0.4, 0.5) is 5.69 Å². The first-order chi connectivity index (χ1) is 23.8. The summed E-state index contributed by atoms with van der Waals surface area (Å²) >= 11 is 6.41. The largest absolute Gasteiger partial charge is 0.490 e. The molecule has 11 nitrogen and oxygen atoms in total. The molecule has 1 amide bonds. The van der Waals surface area contributed by atoms with Crippen molar-refractivity contribution in [1.29, 1.82) is 0 Å². The van der Waals surface area contributed by atoms with Crippen molar-refractivity contribution < 1.29 is 42.1 Å². The van der Waals surface area contributed by atoms with Crippen LogP contribution in [0.15, 0.2) is 36.4 Å². The van der Waals surface area contributed by atoms with E-state index >= 15 is 0 Å². The third-order valence-electron chi connectivity index (χ3n) is 11.9. The van der Waals surface area contributed by atoms with Crippen molar-refractivity contribution in [3.05, 3.63) is 58.1 Å². The Balaban J connectivity index is 1.42. The van der Waals surface area contributed by atoms with Gasteiger partial charge in [-0.3, -0.25) is 14.4 Å². The highest BCUT2D eigenvalue weighted by atomic mass is 35.5. The fraction of sp³-hybridized carbons (Fsp3) is 0.595. The van der Waals surface area contributed by atoms with Crippen molar-refractivity contribution in [3.8, 4) is 5.75 Å². The van der Waals surface area contributed by atoms with Gasteiger partial charge in [-0.25, -0.2) is 13.1 Å². The highest BCUT2D eigenvalue weighted by Crippen LogP contribution is 2.47. The van der Waals surface area contributed by atoms with Gasteiger partial charge in [-0.05, 0) is 117 Å². The summed E-state index contributed by atoms with van der Waals surface area (Å²) in [4.78, 5) is 41.8. The number of ether oxygens (including phenoxy) is 3. The molecule has 50 heavy (non-hydrogen) atoms. The van der Waals surface area contributed by atoms with E-state index in [-0.39, 0.29) is 35.7 Å². The number of aliphatic hydroxyl groups excluding tert-OH is 1. The molecule has 2 bridgehead atoms. The molecule has 0 aromatic heterocycles. The van der Waals surface area contributed by atoms with Crippen LogP contribution in [0.5, 0.6) is 5.75 Å². The first-order valence-corrected chi connectivity index (χ1v) is 19.4. The maximum Gasteiger partial charge on any atom is 0.320 e. The van der Waals surface area contributed by atoms with Crippen molar-refractivity contribution in [2.24, 2.45) is 29.6 Å². The van der Waals surface area contributed by atoms with Gasteiger partial charge in [0.2, 0.25) is 10.0 Å². The van der Waals surface area contributed by atoms with E-state index in [2.05, 4.69) is 15.7 Å².